The molecule has 3 nitrogen and oxygen atoms in total. The van der Waals surface area contributed by atoms with E-state index in [1.807, 2.05) is 44.2 Å². The Morgan fingerprint density at radius 3 is 2.76 bits per heavy atom. The Morgan fingerprint density at radius 1 is 1.38 bits per heavy atom. The fourth-order valence-electron chi connectivity index (χ4n) is 2.59. The molecule has 1 aromatic rings. The van der Waals surface area contributed by atoms with Crippen molar-refractivity contribution in [1.82, 2.24) is 0 Å². The zero-order valence-electron chi connectivity index (χ0n) is 12.9. The van der Waals surface area contributed by atoms with Crippen LogP contribution in [-0.4, -0.2) is 18.5 Å². The molecule has 0 spiro atoms. The Labute approximate surface area is 127 Å². The van der Waals surface area contributed by atoms with Crippen molar-refractivity contribution in [2.75, 3.05) is 6.61 Å². The molecule has 0 saturated carbocycles. The molecule has 1 aliphatic heterocycles. The van der Waals surface area contributed by atoms with Crippen molar-refractivity contribution in [2.45, 2.75) is 45.5 Å². The molecule has 1 fully saturated rings. The second kappa shape index (κ2) is 7.01. The summed E-state index contributed by atoms with van der Waals surface area (Å²) in [7, 11) is 0. The van der Waals surface area contributed by atoms with Crippen LogP contribution in [0.1, 0.15) is 45.0 Å². The summed E-state index contributed by atoms with van der Waals surface area (Å²) in [5.74, 6) is 0.223. The zero-order chi connectivity index (χ0) is 15.3. The van der Waals surface area contributed by atoms with Crippen molar-refractivity contribution in [3.05, 3.63) is 48.6 Å². The largest absolute Gasteiger partial charge is 0.348 e. The molecule has 1 aromatic carbocycles. The molecule has 114 valence electrons. The maximum Gasteiger partial charge on any atom is 0.184 e. The van der Waals surface area contributed by atoms with E-state index in [4.69, 9.17) is 9.47 Å². The van der Waals surface area contributed by atoms with E-state index in [2.05, 4.69) is 6.58 Å². The second-order valence-electron chi connectivity index (χ2n) is 6.00. The molecule has 0 radical (unpaired) electrons. The average Bonchev–Trinajstić information content (AvgIpc) is 2.53. The molecule has 0 bridgehead atoms. The predicted molar refractivity (Wildman–Crippen MR) is 82.8 cm³/mol. The third kappa shape index (κ3) is 3.80. The number of allylic oxidation sites excluding steroid dienone is 1. The Hall–Kier alpha value is -1.45. The Kier molecular flexibility index (Phi) is 5.32. The summed E-state index contributed by atoms with van der Waals surface area (Å²) in [6.45, 7) is 8.23. The van der Waals surface area contributed by atoms with Crippen LogP contribution in [-0.2, 0) is 14.3 Å². The van der Waals surface area contributed by atoms with Crippen LogP contribution in [0.15, 0.2) is 43.0 Å². The minimum absolute atomic E-state index is 0.117. The molecule has 3 heteroatoms. The minimum Gasteiger partial charge on any atom is -0.348 e. The first kappa shape index (κ1) is 15.9. The first-order valence-electron chi connectivity index (χ1n) is 7.52. The van der Waals surface area contributed by atoms with Gasteiger partial charge in [0.15, 0.2) is 6.29 Å². The summed E-state index contributed by atoms with van der Waals surface area (Å²) in [5, 5.41) is 0. The van der Waals surface area contributed by atoms with Crippen LogP contribution in [0.4, 0.5) is 0 Å². The van der Waals surface area contributed by atoms with Crippen molar-refractivity contribution >= 4 is 5.78 Å². The summed E-state index contributed by atoms with van der Waals surface area (Å²) in [5.41, 5.74) is 0.497. The van der Waals surface area contributed by atoms with Gasteiger partial charge in [-0.1, -0.05) is 50.3 Å². The molecule has 1 heterocycles. The summed E-state index contributed by atoms with van der Waals surface area (Å²) >= 11 is 0. The van der Waals surface area contributed by atoms with E-state index in [0.29, 0.717) is 19.4 Å². The van der Waals surface area contributed by atoms with Gasteiger partial charge in [-0.05, 0) is 12.8 Å². The smallest absolute Gasteiger partial charge is 0.184 e. The fraction of sp³-hybridized carbons (Fsp3) is 0.500. The number of benzene rings is 1. The van der Waals surface area contributed by atoms with Crippen molar-refractivity contribution in [3.63, 3.8) is 0 Å². The number of rotatable bonds is 6. The van der Waals surface area contributed by atoms with Gasteiger partial charge in [-0.3, -0.25) is 4.79 Å². The lowest BCUT2D eigenvalue weighted by Crippen LogP contribution is -2.43. The Morgan fingerprint density at radius 2 is 2.10 bits per heavy atom. The van der Waals surface area contributed by atoms with E-state index in [-0.39, 0.29) is 18.2 Å². The highest BCUT2D eigenvalue weighted by molar-refractivity contribution is 5.84. The lowest BCUT2D eigenvalue weighted by molar-refractivity contribution is -0.238. The lowest BCUT2D eigenvalue weighted by Gasteiger charge is -2.39. The van der Waals surface area contributed by atoms with Crippen molar-refractivity contribution in [3.8, 4) is 0 Å². The monoisotopic (exact) mass is 288 g/mol. The van der Waals surface area contributed by atoms with E-state index in [9.17, 15) is 4.79 Å². The van der Waals surface area contributed by atoms with E-state index in [1.165, 1.54) is 0 Å². The highest BCUT2D eigenvalue weighted by atomic mass is 16.7. The van der Waals surface area contributed by atoms with Crippen LogP contribution in [0.2, 0.25) is 0 Å². The van der Waals surface area contributed by atoms with Gasteiger partial charge in [0.1, 0.15) is 5.78 Å². The molecule has 1 unspecified atom stereocenters. The van der Waals surface area contributed by atoms with Gasteiger partial charge < -0.3 is 9.47 Å². The molecule has 0 aromatic heterocycles. The van der Waals surface area contributed by atoms with E-state index >= 15 is 0 Å². The molecule has 0 N–H and O–H groups in total. The second-order valence-corrected chi connectivity index (χ2v) is 6.00. The van der Waals surface area contributed by atoms with Crippen molar-refractivity contribution in [1.29, 1.82) is 0 Å². The summed E-state index contributed by atoms with van der Waals surface area (Å²) in [6.07, 6.45) is 3.27. The van der Waals surface area contributed by atoms with Crippen molar-refractivity contribution in [2.24, 2.45) is 5.41 Å². The van der Waals surface area contributed by atoms with Crippen molar-refractivity contribution < 1.29 is 14.3 Å². The maximum atomic E-state index is 12.4. The Bertz CT molecular complexity index is 478. The first-order chi connectivity index (χ1) is 10.1. The molecule has 0 amide bonds. The Balaban J connectivity index is 2.06. The van der Waals surface area contributed by atoms with Crippen LogP contribution in [0.5, 0.6) is 0 Å². The summed E-state index contributed by atoms with van der Waals surface area (Å²) < 4.78 is 11.8. The molecule has 2 atom stereocenters. The minimum atomic E-state index is -0.500. The summed E-state index contributed by atoms with van der Waals surface area (Å²) in [4.78, 5) is 12.4. The van der Waals surface area contributed by atoms with Gasteiger partial charge >= 0.3 is 0 Å². The molecule has 2 rings (SSSR count). The molecule has 0 aliphatic carbocycles. The highest BCUT2D eigenvalue weighted by Crippen LogP contribution is 2.36. The maximum absolute atomic E-state index is 12.4. The SMILES string of the molecule is C=CCCC(=O)C(C)(C)[C@@H]1CCOC(c2ccccc2)O1. The quantitative estimate of drug-likeness (QED) is 0.741. The normalized spacial score (nSPS) is 22.8. The molecule has 1 aliphatic rings. The molecular formula is C18H24O3. The van der Waals surface area contributed by atoms with Crippen LogP contribution in [0.3, 0.4) is 0 Å². The van der Waals surface area contributed by atoms with Gasteiger partial charge in [-0.25, -0.2) is 0 Å². The van der Waals surface area contributed by atoms with Gasteiger partial charge in [0.05, 0.1) is 12.7 Å². The van der Waals surface area contributed by atoms with E-state index in [1.54, 1.807) is 6.08 Å². The number of carbonyl (C=O) groups is 1. The van der Waals surface area contributed by atoms with Crippen LogP contribution >= 0.6 is 0 Å². The number of hydrogen-bond donors (Lipinski definition) is 0. The number of carbonyl (C=O) groups excluding carboxylic acids is 1. The van der Waals surface area contributed by atoms with E-state index < -0.39 is 5.41 Å². The van der Waals surface area contributed by atoms with Crippen LogP contribution in [0.25, 0.3) is 0 Å². The standard InChI is InChI=1S/C18H24O3/c1-4-5-11-15(19)18(2,3)16-12-13-20-17(21-16)14-9-7-6-8-10-14/h4,6-10,16-17H,1,5,11-13H2,2-3H3/t16-,17?/m0/s1. The van der Waals surface area contributed by atoms with E-state index in [0.717, 1.165) is 12.0 Å². The third-order valence-electron chi connectivity index (χ3n) is 4.11. The predicted octanol–water partition coefficient (Wildman–Crippen LogP) is 4.05. The topological polar surface area (TPSA) is 35.5 Å². The first-order valence-corrected chi connectivity index (χ1v) is 7.52. The van der Waals surface area contributed by atoms with Gasteiger partial charge in [-0.2, -0.15) is 0 Å². The number of hydrogen-bond acceptors (Lipinski definition) is 3. The number of ether oxygens (including phenoxy) is 2. The average molecular weight is 288 g/mol. The zero-order valence-corrected chi connectivity index (χ0v) is 12.9. The lowest BCUT2D eigenvalue weighted by atomic mass is 9.78. The van der Waals surface area contributed by atoms with Gasteiger partial charge in [-0.15, -0.1) is 6.58 Å². The van der Waals surface area contributed by atoms with Gasteiger partial charge in [0.2, 0.25) is 0 Å². The van der Waals surface area contributed by atoms with Crippen LogP contribution < -0.4 is 0 Å². The molecular weight excluding hydrogens is 264 g/mol. The molecule has 21 heavy (non-hydrogen) atoms. The third-order valence-corrected chi connectivity index (χ3v) is 4.11. The molecule has 1 saturated heterocycles. The van der Waals surface area contributed by atoms with Gasteiger partial charge in [0, 0.05) is 17.4 Å². The van der Waals surface area contributed by atoms with Gasteiger partial charge in [0.25, 0.3) is 0 Å². The number of Topliss-reactive ketones (excluding diaryl/α,β-unsaturated/α-hetero) is 1. The summed E-state index contributed by atoms with van der Waals surface area (Å²) in [6, 6.07) is 9.86. The fourth-order valence-corrected chi connectivity index (χ4v) is 2.59. The van der Waals surface area contributed by atoms with Crippen LogP contribution in [0, 0.1) is 5.41 Å². The number of ketones is 1. The highest BCUT2D eigenvalue weighted by Gasteiger charge is 2.40.